The summed E-state index contributed by atoms with van der Waals surface area (Å²) < 4.78 is 13.7. The van der Waals surface area contributed by atoms with Crippen molar-refractivity contribution in [3.63, 3.8) is 0 Å². The predicted octanol–water partition coefficient (Wildman–Crippen LogP) is 14.4. The lowest BCUT2D eigenvalue weighted by molar-refractivity contribution is -0.567. The minimum absolute atomic E-state index is 0.00466. The second kappa shape index (κ2) is 14.9. The summed E-state index contributed by atoms with van der Waals surface area (Å²) in [7, 11) is 0. The monoisotopic (exact) mass is 815 g/mol. The molecule has 0 aliphatic rings. The largest absolute Gasteiger partial charge is 0.457 e. The first-order chi connectivity index (χ1) is 29.4. The molecule has 0 atom stereocenters. The Balaban J connectivity index is 1.14. The maximum atomic E-state index is 6.81. The number of imidazole rings is 1. The van der Waals surface area contributed by atoms with Crippen molar-refractivity contribution < 1.29 is 9.30 Å². The molecule has 0 bridgehead atoms. The van der Waals surface area contributed by atoms with Crippen LogP contribution >= 0.6 is 0 Å². The highest BCUT2D eigenvalue weighted by atomic mass is 16.5. The van der Waals surface area contributed by atoms with E-state index in [0.717, 1.165) is 56.1 Å². The smallest absolute Gasteiger partial charge is 0.255 e. The van der Waals surface area contributed by atoms with Crippen molar-refractivity contribution in [3.05, 3.63) is 186 Å². The summed E-state index contributed by atoms with van der Waals surface area (Å²) in [5, 5.41) is 2.36. The summed E-state index contributed by atoms with van der Waals surface area (Å²) in [4.78, 5) is 5.02. The van der Waals surface area contributed by atoms with Gasteiger partial charge in [0.05, 0.1) is 11.0 Å². The number of pyridine rings is 1. The molecule has 5 nitrogen and oxygen atoms in total. The highest BCUT2D eigenvalue weighted by molar-refractivity contribution is 6.09. The maximum Gasteiger partial charge on any atom is 0.255 e. The van der Waals surface area contributed by atoms with Gasteiger partial charge in [-0.05, 0) is 117 Å². The van der Waals surface area contributed by atoms with Gasteiger partial charge in [0.2, 0.25) is 0 Å². The molecule has 0 saturated heterocycles. The van der Waals surface area contributed by atoms with Crippen LogP contribution < -0.4 is 9.30 Å². The Kier molecular flexibility index (Phi) is 9.81. The van der Waals surface area contributed by atoms with Gasteiger partial charge in [-0.1, -0.05) is 137 Å². The molecular formula is C57H59N4O+. The number of aromatic nitrogens is 4. The molecule has 0 spiro atoms. The molecule has 5 heteroatoms. The van der Waals surface area contributed by atoms with Gasteiger partial charge in [-0.3, -0.25) is 4.57 Å². The van der Waals surface area contributed by atoms with Crippen molar-refractivity contribution in [1.29, 1.82) is 0 Å². The molecule has 62 heavy (non-hydrogen) atoms. The van der Waals surface area contributed by atoms with E-state index in [4.69, 9.17) is 9.72 Å². The summed E-state index contributed by atoms with van der Waals surface area (Å²) >= 11 is 0. The van der Waals surface area contributed by atoms with Crippen LogP contribution in [-0.4, -0.2) is 14.1 Å². The zero-order valence-corrected chi connectivity index (χ0v) is 38.2. The van der Waals surface area contributed by atoms with Gasteiger partial charge in [0.15, 0.2) is 11.0 Å². The van der Waals surface area contributed by atoms with Gasteiger partial charge in [-0.25, -0.2) is 4.98 Å². The fraction of sp³-hybridized carbons (Fsp3) is 0.263. The van der Waals surface area contributed by atoms with E-state index in [1.165, 1.54) is 33.2 Å². The SMILES string of the molecule is CC(C)(C)c1cc(-[n+]2cn(-c3cccc(Oc4ccc5c6cc(C(C)(C)C)ccc6n(-c6cc(C(C)(C)c7ccccc7)ccn6)c5c4)c3)c3ccccc32)cc(C(C)(C)C)c1. The molecule has 0 radical (unpaired) electrons. The Morgan fingerprint density at radius 2 is 1.15 bits per heavy atom. The van der Waals surface area contributed by atoms with Gasteiger partial charge in [-0.2, -0.15) is 9.13 Å². The van der Waals surface area contributed by atoms with E-state index < -0.39 is 0 Å². The molecule has 0 unspecified atom stereocenters. The van der Waals surface area contributed by atoms with Gasteiger partial charge < -0.3 is 4.74 Å². The van der Waals surface area contributed by atoms with Crippen LogP contribution in [0.2, 0.25) is 0 Å². The van der Waals surface area contributed by atoms with E-state index in [1.807, 2.05) is 12.3 Å². The quantitative estimate of drug-likeness (QED) is 0.150. The molecule has 3 aromatic heterocycles. The van der Waals surface area contributed by atoms with Gasteiger partial charge in [0.25, 0.3) is 6.33 Å². The zero-order valence-electron chi connectivity index (χ0n) is 38.2. The average molecular weight is 816 g/mol. The van der Waals surface area contributed by atoms with Crippen LogP contribution in [0.25, 0.3) is 50.0 Å². The van der Waals surface area contributed by atoms with Crippen LogP contribution in [0.1, 0.15) is 104 Å². The predicted molar refractivity (Wildman–Crippen MR) is 258 cm³/mol. The Bertz CT molecular complexity index is 3090. The molecule has 9 aromatic rings. The van der Waals surface area contributed by atoms with Gasteiger partial charge in [-0.15, -0.1) is 0 Å². The van der Waals surface area contributed by atoms with Crippen molar-refractivity contribution >= 4 is 32.8 Å². The summed E-state index contributed by atoms with van der Waals surface area (Å²) in [6.45, 7) is 25.1. The van der Waals surface area contributed by atoms with Crippen LogP contribution in [0.15, 0.2) is 158 Å². The summed E-state index contributed by atoms with van der Waals surface area (Å²) in [6, 6.07) is 52.6. The molecular weight excluding hydrogens is 757 g/mol. The molecule has 0 saturated carbocycles. The highest BCUT2D eigenvalue weighted by Crippen LogP contribution is 2.39. The maximum absolute atomic E-state index is 6.81. The lowest BCUT2D eigenvalue weighted by atomic mass is 9.78. The van der Waals surface area contributed by atoms with Crippen LogP contribution in [-0.2, 0) is 21.7 Å². The second-order valence-electron chi connectivity index (χ2n) is 20.6. The molecule has 0 aliphatic carbocycles. The summed E-state index contributed by atoms with van der Waals surface area (Å²) in [6.07, 6.45) is 4.16. The van der Waals surface area contributed by atoms with Crippen LogP contribution in [0.3, 0.4) is 0 Å². The average Bonchev–Trinajstić information content (AvgIpc) is 3.79. The van der Waals surface area contributed by atoms with E-state index in [2.05, 4.69) is 236 Å². The molecule has 0 fully saturated rings. The number of hydrogen-bond donors (Lipinski definition) is 0. The van der Waals surface area contributed by atoms with Crippen molar-refractivity contribution in [2.45, 2.75) is 97.8 Å². The third-order valence-electron chi connectivity index (χ3n) is 12.7. The third-order valence-corrected chi connectivity index (χ3v) is 12.7. The minimum Gasteiger partial charge on any atom is -0.457 e. The molecule has 6 aromatic carbocycles. The van der Waals surface area contributed by atoms with Crippen molar-refractivity contribution in [2.75, 3.05) is 0 Å². The standard InChI is InChI=1S/C57H59N4O/c1-54(2,3)39-24-27-49-48(33-39)47-26-25-46(36-52(47)61(49)53-34-40(28-29-58-53)57(10,11)38-18-13-12-14-19-38)62-45-21-17-20-43(35-45)59-37-60(51-23-16-15-22-50(51)59)44-31-41(55(4,5)6)30-42(32-44)56(7,8)9/h12-37H,1-11H3/q+1. The Morgan fingerprint density at radius 1 is 0.468 bits per heavy atom. The number of benzene rings is 6. The molecule has 312 valence electrons. The van der Waals surface area contributed by atoms with Gasteiger partial charge in [0, 0.05) is 34.5 Å². The fourth-order valence-corrected chi connectivity index (χ4v) is 8.70. The van der Waals surface area contributed by atoms with E-state index in [0.29, 0.717) is 0 Å². The molecule has 0 N–H and O–H groups in total. The highest BCUT2D eigenvalue weighted by Gasteiger charge is 2.27. The number of nitrogens with zero attached hydrogens (tertiary/aromatic N) is 4. The Morgan fingerprint density at radius 3 is 1.85 bits per heavy atom. The fourth-order valence-electron chi connectivity index (χ4n) is 8.70. The zero-order chi connectivity index (χ0) is 43.8. The van der Waals surface area contributed by atoms with Crippen LogP contribution in [0.5, 0.6) is 11.5 Å². The summed E-state index contributed by atoms with van der Waals surface area (Å²) in [5.74, 6) is 2.40. The molecule has 9 rings (SSSR count). The first kappa shape index (κ1) is 40.9. The minimum atomic E-state index is -0.216. The molecule has 0 aliphatic heterocycles. The second-order valence-corrected chi connectivity index (χ2v) is 20.6. The number of rotatable bonds is 7. The lowest BCUT2D eigenvalue weighted by Crippen LogP contribution is -2.31. The van der Waals surface area contributed by atoms with Gasteiger partial charge in [0.1, 0.15) is 28.7 Å². The number of hydrogen-bond acceptors (Lipinski definition) is 2. The first-order valence-electron chi connectivity index (χ1n) is 21.9. The van der Waals surface area contributed by atoms with Gasteiger partial charge >= 0.3 is 0 Å². The summed E-state index contributed by atoms with van der Waals surface area (Å²) in [5.41, 5.74) is 12.8. The first-order valence-corrected chi connectivity index (χ1v) is 21.9. The topological polar surface area (TPSA) is 35.9 Å². The Hall–Kier alpha value is -6.46. The normalized spacial score (nSPS) is 12.8. The van der Waals surface area contributed by atoms with E-state index in [-0.39, 0.29) is 21.7 Å². The molecule has 0 amide bonds. The van der Waals surface area contributed by atoms with Crippen LogP contribution in [0, 0.1) is 0 Å². The number of ether oxygens (including phenoxy) is 1. The van der Waals surface area contributed by atoms with Crippen molar-refractivity contribution in [2.24, 2.45) is 0 Å². The van der Waals surface area contributed by atoms with E-state index in [1.54, 1.807) is 0 Å². The molecule has 3 heterocycles. The van der Waals surface area contributed by atoms with E-state index in [9.17, 15) is 0 Å². The van der Waals surface area contributed by atoms with Crippen molar-refractivity contribution in [3.8, 4) is 28.7 Å². The van der Waals surface area contributed by atoms with Crippen molar-refractivity contribution in [1.82, 2.24) is 14.1 Å². The van der Waals surface area contributed by atoms with E-state index >= 15 is 0 Å². The third kappa shape index (κ3) is 7.48. The Labute approximate surface area is 367 Å². The number of para-hydroxylation sites is 2. The number of fused-ring (bicyclic) bond motifs is 4. The van der Waals surface area contributed by atoms with Crippen LogP contribution in [0.4, 0.5) is 0 Å². The lowest BCUT2D eigenvalue weighted by Gasteiger charge is -2.26.